The van der Waals surface area contributed by atoms with Gasteiger partial charge in [0.05, 0.1) is 0 Å². The summed E-state index contributed by atoms with van der Waals surface area (Å²) < 4.78 is 0. The van der Waals surface area contributed by atoms with Crippen molar-refractivity contribution in [3.63, 3.8) is 0 Å². The highest BCUT2D eigenvalue weighted by Gasteiger charge is 2.21. The number of alkyl halides is 1. The average molecular weight is 176 g/mol. The fraction of sp³-hybridized carbons (Fsp3) is 0.667. The van der Waals surface area contributed by atoms with Gasteiger partial charge in [0.2, 0.25) is 0 Å². The standard InChI is InChI=1S/C6H10BrN/c1-2-3-8-4-6(7)5-8/h2,6H,1,3-5H2. The molecule has 1 fully saturated rings. The Morgan fingerprint density at radius 2 is 2.38 bits per heavy atom. The highest BCUT2D eigenvalue weighted by Crippen LogP contribution is 2.14. The summed E-state index contributed by atoms with van der Waals surface area (Å²) in [5, 5.41) is 0. The van der Waals surface area contributed by atoms with Crippen LogP contribution in [-0.4, -0.2) is 29.4 Å². The van der Waals surface area contributed by atoms with Crippen LogP contribution in [-0.2, 0) is 0 Å². The summed E-state index contributed by atoms with van der Waals surface area (Å²) in [6.07, 6.45) is 1.94. The Balaban J connectivity index is 2.06. The SMILES string of the molecule is C=CCN1CC(Br)C1. The summed E-state index contributed by atoms with van der Waals surface area (Å²) in [7, 11) is 0. The molecule has 0 amide bonds. The van der Waals surface area contributed by atoms with E-state index in [9.17, 15) is 0 Å². The van der Waals surface area contributed by atoms with Crippen molar-refractivity contribution >= 4 is 15.9 Å². The van der Waals surface area contributed by atoms with Crippen LogP contribution in [0.2, 0.25) is 0 Å². The maximum Gasteiger partial charge on any atom is 0.0400 e. The summed E-state index contributed by atoms with van der Waals surface area (Å²) in [6, 6.07) is 0. The number of hydrogen-bond acceptors (Lipinski definition) is 1. The molecule has 0 aromatic carbocycles. The molecule has 0 aromatic rings. The van der Waals surface area contributed by atoms with Crippen molar-refractivity contribution in [1.29, 1.82) is 0 Å². The van der Waals surface area contributed by atoms with Crippen molar-refractivity contribution in [2.24, 2.45) is 0 Å². The van der Waals surface area contributed by atoms with Crippen molar-refractivity contribution in [1.82, 2.24) is 4.90 Å². The molecule has 1 saturated heterocycles. The van der Waals surface area contributed by atoms with Gasteiger partial charge in [0.1, 0.15) is 0 Å². The van der Waals surface area contributed by atoms with E-state index < -0.39 is 0 Å². The van der Waals surface area contributed by atoms with Gasteiger partial charge in [-0.1, -0.05) is 22.0 Å². The third-order valence-electron chi connectivity index (χ3n) is 1.30. The molecule has 1 nitrogen and oxygen atoms in total. The zero-order valence-corrected chi connectivity index (χ0v) is 6.39. The van der Waals surface area contributed by atoms with E-state index in [0.717, 1.165) is 11.4 Å². The fourth-order valence-electron chi connectivity index (χ4n) is 0.838. The lowest BCUT2D eigenvalue weighted by molar-refractivity contribution is 0.216. The lowest BCUT2D eigenvalue weighted by Crippen LogP contribution is -2.47. The second-order valence-corrected chi connectivity index (χ2v) is 3.40. The lowest BCUT2D eigenvalue weighted by atomic mass is 10.2. The molecule has 2 heteroatoms. The van der Waals surface area contributed by atoms with Crippen LogP contribution in [0.1, 0.15) is 0 Å². The van der Waals surface area contributed by atoms with Gasteiger partial charge in [0, 0.05) is 24.5 Å². The predicted molar refractivity (Wildman–Crippen MR) is 39.4 cm³/mol. The molecule has 0 atom stereocenters. The molecule has 8 heavy (non-hydrogen) atoms. The van der Waals surface area contributed by atoms with Crippen molar-refractivity contribution in [3.8, 4) is 0 Å². The van der Waals surface area contributed by atoms with Crippen LogP contribution in [0.4, 0.5) is 0 Å². The van der Waals surface area contributed by atoms with Gasteiger partial charge in [-0.3, -0.25) is 4.90 Å². The molecule has 46 valence electrons. The minimum absolute atomic E-state index is 0.738. The van der Waals surface area contributed by atoms with Gasteiger partial charge < -0.3 is 0 Å². The Bertz CT molecular complexity index is 86.5. The quantitative estimate of drug-likeness (QED) is 0.452. The molecule has 0 radical (unpaired) electrons. The highest BCUT2D eigenvalue weighted by atomic mass is 79.9. The molecule has 1 aliphatic rings. The maximum absolute atomic E-state index is 3.65. The van der Waals surface area contributed by atoms with Gasteiger partial charge in [-0.15, -0.1) is 6.58 Å². The Labute approximate surface area is 58.5 Å². The van der Waals surface area contributed by atoms with E-state index in [1.165, 1.54) is 13.1 Å². The van der Waals surface area contributed by atoms with Crippen LogP contribution < -0.4 is 0 Å². The minimum Gasteiger partial charge on any atom is -0.297 e. The first kappa shape index (κ1) is 6.30. The summed E-state index contributed by atoms with van der Waals surface area (Å²) in [5.74, 6) is 0. The zero-order valence-electron chi connectivity index (χ0n) is 4.81. The average Bonchev–Trinajstić information content (AvgIpc) is 1.64. The van der Waals surface area contributed by atoms with Gasteiger partial charge >= 0.3 is 0 Å². The first-order chi connectivity index (χ1) is 3.83. The molecule has 1 aliphatic heterocycles. The Morgan fingerprint density at radius 1 is 1.75 bits per heavy atom. The van der Waals surface area contributed by atoms with Gasteiger partial charge in [-0.2, -0.15) is 0 Å². The van der Waals surface area contributed by atoms with Crippen LogP contribution in [0.3, 0.4) is 0 Å². The van der Waals surface area contributed by atoms with Crippen molar-refractivity contribution in [2.45, 2.75) is 4.83 Å². The summed E-state index contributed by atoms with van der Waals surface area (Å²) >= 11 is 3.49. The van der Waals surface area contributed by atoms with E-state index in [1.54, 1.807) is 0 Å². The van der Waals surface area contributed by atoms with Crippen LogP contribution >= 0.6 is 15.9 Å². The maximum atomic E-state index is 3.65. The number of likely N-dealkylation sites (tertiary alicyclic amines) is 1. The van der Waals surface area contributed by atoms with E-state index >= 15 is 0 Å². The molecule has 0 aromatic heterocycles. The Hall–Kier alpha value is 0.180. The fourth-order valence-corrected chi connectivity index (χ4v) is 1.66. The molecular weight excluding hydrogens is 166 g/mol. The zero-order chi connectivity index (χ0) is 5.98. The van der Waals surface area contributed by atoms with Crippen LogP contribution in [0.15, 0.2) is 12.7 Å². The van der Waals surface area contributed by atoms with E-state index in [4.69, 9.17) is 0 Å². The molecule has 0 aliphatic carbocycles. The second kappa shape index (κ2) is 2.65. The molecule has 0 spiro atoms. The number of nitrogens with zero attached hydrogens (tertiary/aromatic N) is 1. The number of hydrogen-bond donors (Lipinski definition) is 0. The highest BCUT2D eigenvalue weighted by molar-refractivity contribution is 9.09. The number of halogens is 1. The van der Waals surface area contributed by atoms with Crippen LogP contribution in [0, 0.1) is 0 Å². The van der Waals surface area contributed by atoms with Crippen molar-refractivity contribution < 1.29 is 0 Å². The molecule has 1 rings (SSSR count). The predicted octanol–water partition coefficient (Wildman–Crippen LogP) is 1.25. The third kappa shape index (κ3) is 1.33. The molecule has 0 saturated carbocycles. The van der Waals surface area contributed by atoms with Gasteiger partial charge in [-0.25, -0.2) is 0 Å². The largest absolute Gasteiger partial charge is 0.297 e. The van der Waals surface area contributed by atoms with E-state index in [0.29, 0.717) is 0 Å². The van der Waals surface area contributed by atoms with Crippen molar-refractivity contribution in [2.75, 3.05) is 19.6 Å². The molecule has 0 unspecified atom stereocenters. The normalized spacial score (nSPS) is 22.6. The summed E-state index contributed by atoms with van der Waals surface area (Å²) in [5.41, 5.74) is 0. The summed E-state index contributed by atoms with van der Waals surface area (Å²) in [4.78, 5) is 3.08. The number of rotatable bonds is 2. The summed E-state index contributed by atoms with van der Waals surface area (Å²) in [6.45, 7) is 7.07. The Kier molecular flexibility index (Phi) is 2.08. The molecule has 0 bridgehead atoms. The Morgan fingerprint density at radius 3 is 2.75 bits per heavy atom. The third-order valence-corrected chi connectivity index (χ3v) is 1.88. The topological polar surface area (TPSA) is 3.24 Å². The smallest absolute Gasteiger partial charge is 0.0400 e. The van der Waals surface area contributed by atoms with E-state index in [1.807, 2.05) is 6.08 Å². The van der Waals surface area contributed by atoms with Gasteiger partial charge in [0.25, 0.3) is 0 Å². The lowest BCUT2D eigenvalue weighted by Gasteiger charge is -2.34. The van der Waals surface area contributed by atoms with E-state index in [2.05, 4.69) is 27.4 Å². The molecule has 1 heterocycles. The van der Waals surface area contributed by atoms with Crippen molar-refractivity contribution in [3.05, 3.63) is 12.7 Å². The first-order valence-electron chi connectivity index (χ1n) is 2.80. The molecule has 0 N–H and O–H groups in total. The second-order valence-electron chi connectivity index (χ2n) is 2.10. The van der Waals surface area contributed by atoms with E-state index in [-0.39, 0.29) is 0 Å². The van der Waals surface area contributed by atoms with Crippen LogP contribution in [0.25, 0.3) is 0 Å². The van der Waals surface area contributed by atoms with Crippen LogP contribution in [0.5, 0.6) is 0 Å². The first-order valence-corrected chi connectivity index (χ1v) is 3.72. The minimum atomic E-state index is 0.738. The van der Waals surface area contributed by atoms with Gasteiger partial charge in [-0.05, 0) is 0 Å². The van der Waals surface area contributed by atoms with Gasteiger partial charge in [0.15, 0.2) is 0 Å². The monoisotopic (exact) mass is 175 g/mol. The molecular formula is C6H10BrN.